The predicted octanol–water partition coefficient (Wildman–Crippen LogP) is 4.39. The van der Waals surface area contributed by atoms with E-state index in [0.29, 0.717) is 27.5 Å². The number of para-hydroxylation sites is 1. The summed E-state index contributed by atoms with van der Waals surface area (Å²) in [7, 11) is 0. The highest BCUT2D eigenvalue weighted by atomic mass is 35.5. The number of hydrogen-bond donors (Lipinski definition) is 2. The highest BCUT2D eigenvalue weighted by Gasteiger charge is 2.04. The van der Waals surface area contributed by atoms with Crippen molar-refractivity contribution in [3.05, 3.63) is 63.6 Å². The van der Waals surface area contributed by atoms with Gasteiger partial charge in [0.2, 0.25) is 0 Å². The normalized spacial score (nSPS) is 10.6. The molecular weight excluding hydrogens is 365 g/mol. The summed E-state index contributed by atoms with van der Waals surface area (Å²) in [5, 5.41) is 8.57. The first kappa shape index (κ1) is 18.5. The van der Waals surface area contributed by atoms with E-state index in [2.05, 4.69) is 15.8 Å². The van der Waals surface area contributed by atoms with Crippen LogP contribution in [-0.2, 0) is 6.61 Å². The Bertz CT molecular complexity index is 738. The first-order valence-electron chi connectivity index (χ1n) is 7.32. The number of ether oxygens (including phenoxy) is 1. The molecule has 0 atom stereocenters. The summed E-state index contributed by atoms with van der Waals surface area (Å²) >= 11 is 17.0. The number of nitrogens with zero attached hydrogens (tertiary/aromatic N) is 1. The standard InChI is InChI=1S/C17H17Cl2N3OS/c1-2-20-17(24)22-21-10-13-5-3-4-6-16(13)23-11-12-7-8-14(18)15(19)9-12/h3-10H,2,11H2,1H3,(H2,20,22,24)/b21-10-. The molecule has 2 aromatic rings. The fourth-order valence-corrected chi connectivity index (χ4v) is 2.39. The van der Waals surface area contributed by atoms with Gasteiger partial charge in [0.25, 0.3) is 0 Å². The molecule has 0 aliphatic rings. The van der Waals surface area contributed by atoms with Crippen molar-refractivity contribution in [2.45, 2.75) is 13.5 Å². The van der Waals surface area contributed by atoms with Crippen LogP contribution >= 0.6 is 35.4 Å². The van der Waals surface area contributed by atoms with Crippen molar-refractivity contribution in [1.82, 2.24) is 10.7 Å². The maximum Gasteiger partial charge on any atom is 0.186 e. The fraction of sp³-hybridized carbons (Fsp3) is 0.176. The molecule has 0 radical (unpaired) electrons. The minimum atomic E-state index is 0.380. The second-order valence-corrected chi connectivity index (χ2v) is 6.03. The van der Waals surface area contributed by atoms with Crippen LogP contribution in [0.25, 0.3) is 0 Å². The van der Waals surface area contributed by atoms with Gasteiger partial charge in [-0.25, -0.2) is 0 Å². The minimum Gasteiger partial charge on any atom is -0.488 e. The SMILES string of the molecule is CCNC(=S)N/N=C\c1ccccc1OCc1ccc(Cl)c(Cl)c1. The molecule has 2 N–H and O–H groups in total. The number of thiocarbonyl (C=S) groups is 1. The van der Waals surface area contributed by atoms with E-state index in [9.17, 15) is 0 Å². The van der Waals surface area contributed by atoms with Crippen molar-refractivity contribution in [2.24, 2.45) is 5.10 Å². The zero-order valence-corrected chi connectivity index (χ0v) is 15.4. The van der Waals surface area contributed by atoms with E-state index in [4.69, 9.17) is 40.2 Å². The average Bonchev–Trinajstić information content (AvgIpc) is 2.57. The fourth-order valence-electron chi connectivity index (χ4n) is 1.87. The summed E-state index contributed by atoms with van der Waals surface area (Å²) < 4.78 is 5.85. The van der Waals surface area contributed by atoms with E-state index in [1.54, 1.807) is 18.3 Å². The lowest BCUT2D eigenvalue weighted by Crippen LogP contribution is -2.31. The van der Waals surface area contributed by atoms with Crippen LogP contribution in [0, 0.1) is 0 Å². The van der Waals surface area contributed by atoms with Crippen molar-refractivity contribution in [1.29, 1.82) is 0 Å². The van der Waals surface area contributed by atoms with Gasteiger partial charge in [-0.15, -0.1) is 0 Å². The molecule has 0 aliphatic carbocycles. The summed E-state index contributed by atoms with van der Waals surface area (Å²) in [5.74, 6) is 0.712. The molecule has 0 spiro atoms. The lowest BCUT2D eigenvalue weighted by molar-refractivity contribution is 0.306. The molecule has 0 aliphatic heterocycles. The molecule has 0 amide bonds. The van der Waals surface area contributed by atoms with Crippen LogP contribution in [0.5, 0.6) is 5.75 Å². The third-order valence-electron chi connectivity index (χ3n) is 3.00. The molecule has 0 unspecified atom stereocenters. The molecule has 2 aromatic carbocycles. The maximum atomic E-state index is 6.02. The van der Waals surface area contributed by atoms with Gasteiger partial charge in [-0.3, -0.25) is 5.43 Å². The molecule has 0 fully saturated rings. The van der Waals surface area contributed by atoms with Crippen LogP contribution in [0.3, 0.4) is 0 Å². The highest BCUT2D eigenvalue weighted by molar-refractivity contribution is 7.80. The van der Waals surface area contributed by atoms with E-state index in [-0.39, 0.29) is 0 Å². The Morgan fingerprint density at radius 2 is 2.00 bits per heavy atom. The van der Waals surface area contributed by atoms with Gasteiger partial charge in [0.15, 0.2) is 5.11 Å². The lowest BCUT2D eigenvalue weighted by Gasteiger charge is -2.10. The topological polar surface area (TPSA) is 45.7 Å². The average molecular weight is 382 g/mol. The van der Waals surface area contributed by atoms with Crippen LogP contribution in [-0.4, -0.2) is 17.9 Å². The Labute approximate surface area is 156 Å². The van der Waals surface area contributed by atoms with Crippen molar-refractivity contribution < 1.29 is 4.74 Å². The molecule has 0 heterocycles. The zero-order chi connectivity index (χ0) is 17.4. The van der Waals surface area contributed by atoms with Gasteiger partial charge in [-0.1, -0.05) is 41.4 Å². The predicted molar refractivity (Wildman–Crippen MR) is 104 cm³/mol. The summed E-state index contributed by atoms with van der Waals surface area (Å²) in [6.45, 7) is 3.08. The number of hydrogen-bond acceptors (Lipinski definition) is 3. The molecule has 24 heavy (non-hydrogen) atoms. The monoisotopic (exact) mass is 381 g/mol. The molecule has 7 heteroatoms. The van der Waals surface area contributed by atoms with E-state index < -0.39 is 0 Å². The van der Waals surface area contributed by atoms with Crippen molar-refractivity contribution >= 4 is 46.7 Å². The molecule has 4 nitrogen and oxygen atoms in total. The molecule has 0 bridgehead atoms. The van der Waals surface area contributed by atoms with Crippen molar-refractivity contribution in [3.8, 4) is 5.75 Å². The van der Waals surface area contributed by atoms with Crippen molar-refractivity contribution in [3.63, 3.8) is 0 Å². The lowest BCUT2D eigenvalue weighted by atomic mass is 10.2. The Kier molecular flexibility index (Phi) is 7.31. The van der Waals surface area contributed by atoms with Gasteiger partial charge < -0.3 is 10.1 Å². The van der Waals surface area contributed by atoms with Crippen molar-refractivity contribution in [2.75, 3.05) is 6.54 Å². The Morgan fingerprint density at radius 1 is 1.21 bits per heavy atom. The largest absolute Gasteiger partial charge is 0.488 e. The summed E-state index contributed by atoms with van der Waals surface area (Å²) in [6.07, 6.45) is 1.66. The minimum absolute atomic E-state index is 0.380. The Morgan fingerprint density at radius 3 is 2.75 bits per heavy atom. The third kappa shape index (κ3) is 5.67. The second-order valence-electron chi connectivity index (χ2n) is 4.80. The van der Waals surface area contributed by atoms with Crippen LogP contribution in [0.4, 0.5) is 0 Å². The van der Waals surface area contributed by atoms with E-state index in [1.807, 2.05) is 37.3 Å². The maximum absolute atomic E-state index is 6.02. The zero-order valence-electron chi connectivity index (χ0n) is 13.1. The van der Waals surface area contributed by atoms with Gasteiger partial charge in [-0.05, 0) is 49.0 Å². The number of halogens is 2. The summed E-state index contributed by atoms with van der Waals surface area (Å²) in [6, 6.07) is 13.0. The molecule has 0 saturated carbocycles. The third-order valence-corrected chi connectivity index (χ3v) is 3.98. The van der Waals surface area contributed by atoms with Gasteiger partial charge in [0.1, 0.15) is 12.4 Å². The van der Waals surface area contributed by atoms with E-state index in [0.717, 1.165) is 17.7 Å². The number of benzene rings is 2. The molecular formula is C17H17Cl2N3OS. The molecule has 0 saturated heterocycles. The smallest absolute Gasteiger partial charge is 0.186 e. The Hall–Kier alpha value is -1.82. The summed E-state index contributed by atoms with van der Waals surface area (Å²) in [4.78, 5) is 0. The number of rotatable bonds is 6. The van der Waals surface area contributed by atoms with Crippen LogP contribution in [0.15, 0.2) is 47.6 Å². The van der Waals surface area contributed by atoms with Gasteiger partial charge in [0.05, 0.1) is 16.3 Å². The Balaban J connectivity index is 2.01. The molecule has 126 valence electrons. The first-order valence-corrected chi connectivity index (χ1v) is 8.49. The summed E-state index contributed by atoms with van der Waals surface area (Å²) in [5.41, 5.74) is 4.52. The van der Waals surface area contributed by atoms with E-state index in [1.165, 1.54) is 0 Å². The molecule has 2 rings (SSSR count). The van der Waals surface area contributed by atoms with Gasteiger partial charge in [0, 0.05) is 12.1 Å². The number of hydrazone groups is 1. The quantitative estimate of drug-likeness (QED) is 0.442. The van der Waals surface area contributed by atoms with Gasteiger partial charge >= 0.3 is 0 Å². The second kappa shape index (κ2) is 9.47. The van der Waals surface area contributed by atoms with Crippen LogP contribution < -0.4 is 15.5 Å². The molecule has 0 aromatic heterocycles. The van der Waals surface area contributed by atoms with Gasteiger partial charge in [-0.2, -0.15) is 5.10 Å². The van der Waals surface area contributed by atoms with Crippen LogP contribution in [0.2, 0.25) is 10.0 Å². The highest BCUT2D eigenvalue weighted by Crippen LogP contribution is 2.24. The first-order chi connectivity index (χ1) is 11.6. The van der Waals surface area contributed by atoms with Crippen LogP contribution in [0.1, 0.15) is 18.1 Å². The van der Waals surface area contributed by atoms with E-state index >= 15 is 0 Å². The number of nitrogens with one attached hydrogen (secondary N) is 2.